The van der Waals surface area contributed by atoms with E-state index in [-0.39, 0.29) is 0 Å². The highest BCUT2D eigenvalue weighted by atomic mass is 19.1. The van der Waals surface area contributed by atoms with E-state index in [1.165, 1.54) is 6.07 Å². The molecule has 1 heterocycles. The van der Waals surface area contributed by atoms with Crippen LogP contribution < -0.4 is 5.63 Å². The van der Waals surface area contributed by atoms with Gasteiger partial charge < -0.3 is 4.42 Å². The molecule has 3 heteroatoms. The molecule has 0 bridgehead atoms. The van der Waals surface area contributed by atoms with Crippen LogP contribution in [0.3, 0.4) is 0 Å². The Labute approximate surface area is 57.3 Å². The molecule has 10 heavy (non-hydrogen) atoms. The lowest BCUT2D eigenvalue weighted by molar-refractivity contribution is 0.456. The van der Waals surface area contributed by atoms with Crippen LogP contribution >= 0.6 is 0 Å². The summed E-state index contributed by atoms with van der Waals surface area (Å²) in [6.45, 7) is 1.77. The lowest BCUT2D eigenvalue weighted by atomic mass is 10.2. The van der Waals surface area contributed by atoms with E-state index in [9.17, 15) is 9.18 Å². The molecule has 0 unspecified atom stereocenters. The summed E-state index contributed by atoms with van der Waals surface area (Å²) in [5, 5.41) is 0. The van der Waals surface area contributed by atoms with Gasteiger partial charge in [-0.25, -0.2) is 9.18 Å². The summed E-state index contributed by atoms with van der Waals surface area (Å²) in [6.07, 6.45) is 1.31. The highest BCUT2D eigenvalue weighted by Gasteiger charge is 1.99. The van der Waals surface area contributed by atoms with E-state index in [0.29, 0.717) is 12.0 Å². The molecule has 0 fully saturated rings. The zero-order valence-corrected chi connectivity index (χ0v) is 5.56. The Morgan fingerprint density at radius 3 is 2.90 bits per heavy atom. The van der Waals surface area contributed by atoms with E-state index in [1.54, 1.807) is 6.92 Å². The molecular formula is C7H7FO2. The van der Waals surface area contributed by atoms with Crippen molar-refractivity contribution in [2.45, 2.75) is 13.3 Å². The summed E-state index contributed by atoms with van der Waals surface area (Å²) in [6, 6.07) is 1.19. The second-order valence-electron chi connectivity index (χ2n) is 1.93. The van der Waals surface area contributed by atoms with Crippen molar-refractivity contribution in [3.63, 3.8) is 0 Å². The van der Waals surface area contributed by atoms with Gasteiger partial charge in [0.15, 0.2) is 5.82 Å². The van der Waals surface area contributed by atoms with Gasteiger partial charge in [0.25, 0.3) is 0 Å². The number of halogens is 1. The fourth-order valence-corrected chi connectivity index (χ4v) is 0.691. The molecule has 54 valence electrons. The van der Waals surface area contributed by atoms with E-state index in [2.05, 4.69) is 4.42 Å². The first-order valence-corrected chi connectivity index (χ1v) is 3.01. The van der Waals surface area contributed by atoms with Crippen molar-refractivity contribution in [2.75, 3.05) is 0 Å². The fourth-order valence-electron chi connectivity index (χ4n) is 0.691. The molecular weight excluding hydrogens is 135 g/mol. The van der Waals surface area contributed by atoms with Crippen molar-refractivity contribution < 1.29 is 8.81 Å². The summed E-state index contributed by atoms with van der Waals surface area (Å²) in [4.78, 5) is 10.7. The molecule has 0 saturated heterocycles. The molecule has 2 nitrogen and oxygen atoms in total. The standard InChI is InChI=1S/C7H7FO2/c1-2-5-3-6(8)4-10-7(5)9/h3-4H,2H2,1H3. The maximum absolute atomic E-state index is 12.3. The highest BCUT2D eigenvalue weighted by molar-refractivity contribution is 5.07. The van der Waals surface area contributed by atoms with Crippen molar-refractivity contribution in [3.8, 4) is 0 Å². The van der Waals surface area contributed by atoms with Crippen LogP contribution in [0.4, 0.5) is 4.39 Å². The van der Waals surface area contributed by atoms with Gasteiger partial charge >= 0.3 is 5.63 Å². The molecule has 0 aromatic carbocycles. The van der Waals surface area contributed by atoms with Crippen molar-refractivity contribution >= 4 is 0 Å². The third kappa shape index (κ3) is 1.23. The molecule has 1 aromatic rings. The first kappa shape index (κ1) is 6.99. The van der Waals surface area contributed by atoms with Gasteiger partial charge in [0, 0.05) is 5.56 Å². The molecule has 1 rings (SSSR count). The largest absolute Gasteiger partial charge is 0.428 e. The first-order chi connectivity index (χ1) is 4.74. The average molecular weight is 142 g/mol. The number of hydrogen-bond donors (Lipinski definition) is 0. The summed E-state index contributed by atoms with van der Waals surface area (Å²) >= 11 is 0. The molecule has 0 atom stereocenters. The quantitative estimate of drug-likeness (QED) is 0.592. The van der Waals surface area contributed by atoms with Gasteiger partial charge in [0.05, 0.1) is 0 Å². The monoisotopic (exact) mass is 142 g/mol. The van der Waals surface area contributed by atoms with Gasteiger partial charge in [-0.2, -0.15) is 0 Å². The Morgan fingerprint density at radius 2 is 2.40 bits per heavy atom. The highest BCUT2D eigenvalue weighted by Crippen LogP contribution is 1.97. The summed E-state index contributed by atoms with van der Waals surface area (Å²) in [5.74, 6) is -0.503. The second kappa shape index (κ2) is 2.64. The van der Waals surface area contributed by atoms with Crippen LogP contribution in [0.5, 0.6) is 0 Å². The van der Waals surface area contributed by atoms with Crippen LogP contribution in [0.1, 0.15) is 12.5 Å². The van der Waals surface area contributed by atoms with E-state index in [4.69, 9.17) is 0 Å². The maximum Gasteiger partial charge on any atom is 0.339 e. The van der Waals surface area contributed by atoms with Crippen LogP contribution in [-0.4, -0.2) is 0 Å². The van der Waals surface area contributed by atoms with Crippen LogP contribution in [0.2, 0.25) is 0 Å². The third-order valence-corrected chi connectivity index (χ3v) is 1.23. The third-order valence-electron chi connectivity index (χ3n) is 1.23. The van der Waals surface area contributed by atoms with E-state index < -0.39 is 11.4 Å². The zero-order chi connectivity index (χ0) is 7.56. The normalized spacial score (nSPS) is 9.80. The Bertz CT molecular complexity index is 277. The van der Waals surface area contributed by atoms with Crippen molar-refractivity contribution in [1.29, 1.82) is 0 Å². The number of hydrogen-bond acceptors (Lipinski definition) is 2. The summed E-state index contributed by atoms with van der Waals surface area (Å²) in [5.41, 5.74) is -0.0797. The van der Waals surface area contributed by atoms with Gasteiger partial charge in [-0.05, 0) is 12.5 Å². The molecule has 0 radical (unpaired) electrons. The van der Waals surface area contributed by atoms with Gasteiger partial charge in [-0.3, -0.25) is 0 Å². The minimum Gasteiger partial charge on any atom is -0.428 e. The van der Waals surface area contributed by atoms with Gasteiger partial charge in [-0.15, -0.1) is 0 Å². The minimum absolute atomic E-state index is 0.375. The van der Waals surface area contributed by atoms with Crippen molar-refractivity contribution in [2.24, 2.45) is 0 Å². The predicted molar refractivity (Wildman–Crippen MR) is 34.3 cm³/mol. The minimum atomic E-state index is -0.503. The van der Waals surface area contributed by atoms with E-state index in [0.717, 1.165) is 6.26 Å². The van der Waals surface area contributed by atoms with Gasteiger partial charge in [0.1, 0.15) is 6.26 Å². The summed E-state index contributed by atoms with van der Waals surface area (Å²) in [7, 11) is 0. The maximum atomic E-state index is 12.3. The van der Waals surface area contributed by atoms with Crippen molar-refractivity contribution in [1.82, 2.24) is 0 Å². The van der Waals surface area contributed by atoms with Crippen LogP contribution in [-0.2, 0) is 6.42 Å². The van der Waals surface area contributed by atoms with Gasteiger partial charge in [0.2, 0.25) is 0 Å². The molecule has 0 saturated carbocycles. The second-order valence-corrected chi connectivity index (χ2v) is 1.93. The Balaban J connectivity index is 3.22. The van der Waals surface area contributed by atoms with Crippen LogP contribution in [0.25, 0.3) is 0 Å². The predicted octanol–water partition coefficient (Wildman–Crippen LogP) is 1.34. The lowest BCUT2D eigenvalue weighted by Crippen LogP contribution is -2.05. The molecule has 0 N–H and O–H groups in total. The number of aryl methyl sites for hydroxylation is 1. The molecule has 0 amide bonds. The molecule has 0 aliphatic rings. The topological polar surface area (TPSA) is 30.2 Å². The smallest absolute Gasteiger partial charge is 0.339 e. The molecule has 0 aliphatic carbocycles. The lowest BCUT2D eigenvalue weighted by Gasteiger charge is -1.91. The van der Waals surface area contributed by atoms with Crippen molar-refractivity contribution in [3.05, 3.63) is 34.1 Å². The summed E-state index contributed by atoms with van der Waals surface area (Å²) < 4.78 is 16.7. The van der Waals surface area contributed by atoms with E-state index in [1.807, 2.05) is 0 Å². The molecule has 0 aliphatic heterocycles. The zero-order valence-electron chi connectivity index (χ0n) is 5.56. The Kier molecular flexibility index (Phi) is 1.85. The Hall–Kier alpha value is -1.12. The first-order valence-electron chi connectivity index (χ1n) is 3.01. The van der Waals surface area contributed by atoms with Gasteiger partial charge in [-0.1, -0.05) is 6.92 Å². The average Bonchev–Trinajstić information content (AvgIpc) is 1.94. The molecule has 1 aromatic heterocycles. The van der Waals surface area contributed by atoms with Crippen LogP contribution in [0.15, 0.2) is 21.5 Å². The SMILES string of the molecule is CCc1cc(F)coc1=O. The fraction of sp³-hybridized carbons (Fsp3) is 0.286. The van der Waals surface area contributed by atoms with E-state index >= 15 is 0 Å². The van der Waals surface area contributed by atoms with Crippen LogP contribution in [0, 0.1) is 5.82 Å². The Morgan fingerprint density at radius 1 is 1.70 bits per heavy atom. The molecule has 0 spiro atoms. The number of rotatable bonds is 1.